The van der Waals surface area contributed by atoms with Crippen LogP contribution >= 0.6 is 25.2 Å². The van der Waals surface area contributed by atoms with E-state index in [9.17, 15) is 13.6 Å². The van der Waals surface area contributed by atoms with Crippen LogP contribution in [0.15, 0.2) is 39.6 Å². The van der Waals surface area contributed by atoms with E-state index in [1.165, 1.54) is 0 Å². The van der Waals surface area contributed by atoms with E-state index < -0.39 is 18.5 Å². The van der Waals surface area contributed by atoms with Crippen molar-refractivity contribution >= 4 is 30.5 Å². The van der Waals surface area contributed by atoms with E-state index >= 15 is 0 Å². The third-order valence-electron chi connectivity index (χ3n) is 2.43. The second-order valence-corrected chi connectivity index (χ2v) is 5.41. The average molecular weight is 347 g/mol. The Morgan fingerprint density at radius 2 is 2.11 bits per heavy atom. The highest BCUT2D eigenvalue weighted by Crippen LogP contribution is 2.20. The Balaban J connectivity index is 2.53. The lowest BCUT2D eigenvalue weighted by molar-refractivity contribution is 0.120. The highest BCUT2D eigenvalue weighted by atomic mass is 79.9. The van der Waals surface area contributed by atoms with E-state index in [-0.39, 0.29) is 0 Å². The summed E-state index contributed by atoms with van der Waals surface area (Å²) >= 11 is 3.33. The van der Waals surface area contributed by atoms with Crippen molar-refractivity contribution in [3.05, 3.63) is 45.2 Å². The summed E-state index contributed by atoms with van der Waals surface area (Å²) < 4.78 is 26.5. The molecule has 0 N–H and O–H groups in total. The minimum atomic E-state index is -2.62. The molecule has 0 amide bonds. The molecule has 1 atom stereocenters. The van der Waals surface area contributed by atoms with Crippen LogP contribution in [0.1, 0.15) is 0 Å². The van der Waals surface area contributed by atoms with Gasteiger partial charge < -0.3 is 0 Å². The predicted octanol–water partition coefficient (Wildman–Crippen LogP) is 2.44. The Bertz CT molecular complexity index is 660. The number of alkyl halides is 2. The van der Waals surface area contributed by atoms with Gasteiger partial charge in [0.1, 0.15) is 6.54 Å². The first-order chi connectivity index (χ1) is 8.97. The van der Waals surface area contributed by atoms with Gasteiger partial charge in [-0.2, -0.15) is 5.10 Å². The van der Waals surface area contributed by atoms with Gasteiger partial charge >= 0.3 is 0 Å². The van der Waals surface area contributed by atoms with Gasteiger partial charge in [0, 0.05) is 15.3 Å². The van der Waals surface area contributed by atoms with E-state index in [4.69, 9.17) is 0 Å². The van der Waals surface area contributed by atoms with E-state index in [0.717, 1.165) is 14.7 Å². The normalized spacial score (nSPS) is 11.0. The van der Waals surface area contributed by atoms with Crippen LogP contribution < -0.4 is 10.9 Å². The summed E-state index contributed by atoms with van der Waals surface area (Å²) in [5, 5.41) is 4.29. The van der Waals surface area contributed by atoms with Gasteiger partial charge in [0.2, 0.25) is 0 Å². The van der Waals surface area contributed by atoms with Crippen molar-refractivity contribution < 1.29 is 8.78 Å². The highest BCUT2D eigenvalue weighted by molar-refractivity contribution is 9.10. The zero-order valence-electron chi connectivity index (χ0n) is 9.69. The summed E-state index contributed by atoms with van der Waals surface area (Å²) in [6, 6.07) is 8.83. The number of nitrogens with zero attached hydrogens (tertiary/aromatic N) is 2. The molecule has 7 heteroatoms. The van der Waals surface area contributed by atoms with Gasteiger partial charge in [-0.3, -0.25) is 4.79 Å². The Hall–Kier alpha value is -1.13. The number of hydrogen-bond acceptors (Lipinski definition) is 2. The van der Waals surface area contributed by atoms with Gasteiger partial charge in [-0.1, -0.05) is 37.3 Å². The number of benzene rings is 1. The summed E-state index contributed by atoms with van der Waals surface area (Å²) in [4.78, 5) is 11.7. The Morgan fingerprint density at radius 1 is 1.37 bits per heavy atom. The molecular weight excluding hydrogens is 337 g/mol. The molecule has 2 aromatic rings. The molecule has 0 bridgehead atoms. The minimum absolute atomic E-state index is 0.311. The third kappa shape index (κ3) is 3.45. The number of hydrogen-bond donors (Lipinski definition) is 0. The molecule has 0 saturated heterocycles. The molecule has 0 aliphatic carbocycles. The fourth-order valence-electron chi connectivity index (χ4n) is 1.61. The average Bonchev–Trinajstić information content (AvgIpc) is 2.34. The summed E-state index contributed by atoms with van der Waals surface area (Å²) in [6.45, 7) is -0.706. The van der Waals surface area contributed by atoms with E-state index in [2.05, 4.69) is 30.3 Å². The molecule has 0 aliphatic heterocycles. The first-order valence-corrected chi connectivity index (χ1v) is 6.76. The van der Waals surface area contributed by atoms with Gasteiger partial charge in [0.25, 0.3) is 12.0 Å². The monoisotopic (exact) mass is 346 g/mol. The SMILES string of the molecule is O=c1c(P)cc(-c2cccc(Br)c2)nn1CC(F)F. The minimum Gasteiger partial charge on any atom is -0.267 e. The zero-order valence-corrected chi connectivity index (χ0v) is 12.4. The van der Waals surface area contributed by atoms with Gasteiger partial charge in [-0.25, -0.2) is 13.5 Å². The maximum absolute atomic E-state index is 12.4. The van der Waals surface area contributed by atoms with E-state index in [1.807, 2.05) is 18.2 Å². The fraction of sp³-hybridized carbons (Fsp3) is 0.167. The van der Waals surface area contributed by atoms with Crippen LogP contribution in [0, 0.1) is 0 Å². The lowest BCUT2D eigenvalue weighted by Crippen LogP contribution is -2.34. The molecule has 1 heterocycles. The first-order valence-electron chi connectivity index (χ1n) is 5.39. The molecule has 1 aromatic heterocycles. The summed E-state index contributed by atoms with van der Waals surface area (Å²) in [6.07, 6.45) is -2.62. The molecule has 19 heavy (non-hydrogen) atoms. The van der Waals surface area contributed by atoms with Crippen molar-refractivity contribution in [3.63, 3.8) is 0 Å². The molecule has 0 fully saturated rings. The topological polar surface area (TPSA) is 34.9 Å². The van der Waals surface area contributed by atoms with Crippen molar-refractivity contribution in [3.8, 4) is 11.3 Å². The Labute approximate surface area is 119 Å². The maximum Gasteiger partial charge on any atom is 0.274 e. The van der Waals surface area contributed by atoms with Crippen molar-refractivity contribution in [2.45, 2.75) is 13.0 Å². The highest BCUT2D eigenvalue weighted by Gasteiger charge is 2.11. The van der Waals surface area contributed by atoms with Crippen LogP contribution in [0.3, 0.4) is 0 Å². The van der Waals surface area contributed by atoms with Crippen LogP contribution in [-0.4, -0.2) is 16.2 Å². The van der Waals surface area contributed by atoms with E-state index in [1.54, 1.807) is 12.1 Å². The standard InChI is InChI=1S/C12H10BrF2N2OP/c13-8-3-1-2-7(4-8)9-5-10(19)12(18)17(16-9)6-11(14)15/h1-5,11H,6,19H2. The van der Waals surface area contributed by atoms with Gasteiger partial charge in [0.05, 0.1) is 5.69 Å². The third-order valence-corrected chi connectivity index (χ3v) is 3.34. The predicted molar refractivity (Wildman–Crippen MR) is 77.0 cm³/mol. The molecule has 1 unspecified atom stereocenters. The molecule has 0 saturated carbocycles. The van der Waals surface area contributed by atoms with Gasteiger partial charge in [0.15, 0.2) is 0 Å². The molecule has 0 radical (unpaired) electrons. The molecule has 2 rings (SSSR count). The van der Waals surface area contributed by atoms with Crippen LogP contribution in [0.25, 0.3) is 11.3 Å². The van der Waals surface area contributed by atoms with E-state index in [0.29, 0.717) is 11.0 Å². The number of rotatable bonds is 3. The lowest BCUT2D eigenvalue weighted by atomic mass is 10.1. The quantitative estimate of drug-likeness (QED) is 0.800. The van der Waals surface area contributed by atoms with Crippen LogP contribution in [-0.2, 0) is 6.54 Å². The van der Waals surface area contributed by atoms with Crippen molar-refractivity contribution in [2.24, 2.45) is 0 Å². The second-order valence-electron chi connectivity index (χ2n) is 3.87. The molecule has 100 valence electrons. The summed E-state index contributed by atoms with van der Waals surface area (Å²) in [5.41, 5.74) is 0.705. The first kappa shape index (κ1) is 14.3. The number of halogens is 3. The largest absolute Gasteiger partial charge is 0.274 e. The van der Waals surface area contributed by atoms with Crippen molar-refractivity contribution in [2.75, 3.05) is 0 Å². The Morgan fingerprint density at radius 3 is 2.74 bits per heavy atom. The summed E-state index contributed by atoms with van der Waals surface area (Å²) in [5.74, 6) is 0. The zero-order chi connectivity index (χ0) is 14.0. The number of aromatic nitrogens is 2. The van der Waals surface area contributed by atoms with Gasteiger partial charge in [-0.15, -0.1) is 0 Å². The van der Waals surface area contributed by atoms with Crippen LogP contribution in [0.5, 0.6) is 0 Å². The van der Waals surface area contributed by atoms with Crippen molar-refractivity contribution in [1.29, 1.82) is 0 Å². The molecule has 0 aliphatic rings. The van der Waals surface area contributed by atoms with Crippen LogP contribution in [0.4, 0.5) is 8.78 Å². The molecule has 0 spiro atoms. The second kappa shape index (κ2) is 5.88. The lowest BCUT2D eigenvalue weighted by Gasteiger charge is -2.08. The smallest absolute Gasteiger partial charge is 0.267 e. The molecular formula is C12H10BrF2N2OP. The maximum atomic E-state index is 12.4. The summed E-state index contributed by atoms with van der Waals surface area (Å²) in [7, 11) is 2.25. The van der Waals surface area contributed by atoms with Gasteiger partial charge in [-0.05, 0) is 18.2 Å². The Kier molecular flexibility index (Phi) is 4.42. The molecule has 3 nitrogen and oxygen atoms in total. The fourth-order valence-corrected chi connectivity index (χ4v) is 2.31. The molecule has 1 aromatic carbocycles. The van der Waals surface area contributed by atoms with Crippen LogP contribution in [0.2, 0.25) is 0 Å². The van der Waals surface area contributed by atoms with Crippen molar-refractivity contribution in [1.82, 2.24) is 9.78 Å².